The lowest BCUT2D eigenvalue weighted by Crippen LogP contribution is -2.36. The van der Waals surface area contributed by atoms with E-state index in [2.05, 4.69) is 11.8 Å². The molecule has 1 atom stereocenters. The Kier molecular flexibility index (Phi) is 5.39. The van der Waals surface area contributed by atoms with Gasteiger partial charge in [0.1, 0.15) is 5.75 Å². The minimum Gasteiger partial charge on any atom is -0.496 e. The number of carbonyl (C=O) groups is 1. The molecule has 0 aromatic heterocycles. The van der Waals surface area contributed by atoms with Crippen LogP contribution >= 0.6 is 0 Å². The number of aliphatic carboxylic acids is 1. The van der Waals surface area contributed by atoms with Gasteiger partial charge in [-0.3, -0.25) is 4.90 Å². The van der Waals surface area contributed by atoms with E-state index in [1.807, 2.05) is 18.2 Å². The monoisotopic (exact) mass is 289 g/mol. The molecule has 1 fully saturated rings. The van der Waals surface area contributed by atoms with Crippen molar-refractivity contribution in [2.45, 2.75) is 38.8 Å². The first kappa shape index (κ1) is 15.6. The molecule has 1 aromatic carbocycles. The molecule has 0 bridgehead atoms. The zero-order valence-corrected chi connectivity index (χ0v) is 12.7. The van der Waals surface area contributed by atoms with Crippen molar-refractivity contribution in [3.8, 4) is 5.75 Å². The molecule has 1 saturated heterocycles. The van der Waals surface area contributed by atoms with Gasteiger partial charge < -0.3 is 9.84 Å². The van der Waals surface area contributed by atoms with Crippen LogP contribution in [0.5, 0.6) is 5.75 Å². The highest BCUT2D eigenvalue weighted by Crippen LogP contribution is 2.25. The fourth-order valence-electron chi connectivity index (χ4n) is 2.80. The number of methoxy groups -OCH3 is 1. The lowest BCUT2D eigenvalue weighted by Gasteiger charge is -2.33. The fourth-order valence-corrected chi connectivity index (χ4v) is 2.80. The highest BCUT2D eigenvalue weighted by atomic mass is 16.5. The van der Waals surface area contributed by atoms with E-state index >= 15 is 0 Å². The van der Waals surface area contributed by atoms with Crippen molar-refractivity contribution in [1.82, 2.24) is 4.90 Å². The van der Waals surface area contributed by atoms with Gasteiger partial charge in [0, 0.05) is 24.2 Å². The minimum absolute atomic E-state index is 0.585. The average Bonchev–Trinajstić information content (AvgIpc) is 2.47. The van der Waals surface area contributed by atoms with Crippen molar-refractivity contribution in [2.24, 2.45) is 0 Å². The molecule has 1 aliphatic heterocycles. The van der Waals surface area contributed by atoms with Crippen molar-refractivity contribution in [2.75, 3.05) is 13.7 Å². The van der Waals surface area contributed by atoms with Gasteiger partial charge in [0.15, 0.2) is 0 Å². The van der Waals surface area contributed by atoms with Crippen molar-refractivity contribution < 1.29 is 14.6 Å². The van der Waals surface area contributed by atoms with Crippen LogP contribution in [0.15, 0.2) is 24.3 Å². The van der Waals surface area contributed by atoms with Gasteiger partial charge in [-0.1, -0.05) is 12.5 Å². The second-order valence-electron chi connectivity index (χ2n) is 5.56. The number of nitrogens with zero attached hydrogens (tertiary/aromatic N) is 1. The van der Waals surface area contributed by atoms with Crippen LogP contribution in [0.2, 0.25) is 0 Å². The van der Waals surface area contributed by atoms with Crippen LogP contribution in [-0.4, -0.2) is 35.7 Å². The number of likely N-dealkylation sites (tertiary alicyclic amines) is 1. The molecule has 1 aromatic rings. The SMILES string of the molecule is COc1ccc(/C=C/C(=O)O)cc1CN1CCCC[C@@H]1C. The molecule has 1 N–H and O–H groups in total. The van der Waals surface area contributed by atoms with E-state index in [0.29, 0.717) is 6.04 Å². The number of benzene rings is 1. The standard InChI is InChI=1S/C17H23NO3/c1-13-5-3-4-10-18(13)12-15-11-14(7-9-17(19)20)6-8-16(15)21-2/h6-9,11,13H,3-5,10,12H2,1-2H3,(H,19,20)/b9-7+/t13-/m0/s1. The van der Waals surface area contributed by atoms with Crippen LogP contribution in [0.1, 0.15) is 37.3 Å². The summed E-state index contributed by atoms with van der Waals surface area (Å²) in [4.78, 5) is 13.1. The van der Waals surface area contributed by atoms with Gasteiger partial charge in [0.05, 0.1) is 7.11 Å². The first-order chi connectivity index (χ1) is 10.1. The highest BCUT2D eigenvalue weighted by molar-refractivity contribution is 5.85. The summed E-state index contributed by atoms with van der Waals surface area (Å²) in [7, 11) is 1.67. The molecule has 0 radical (unpaired) electrons. The Labute approximate surface area is 126 Å². The Hall–Kier alpha value is -1.81. The van der Waals surface area contributed by atoms with Gasteiger partial charge in [-0.2, -0.15) is 0 Å². The molecular weight excluding hydrogens is 266 g/mol. The summed E-state index contributed by atoms with van der Waals surface area (Å²) in [6.45, 7) is 4.22. The minimum atomic E-state index is -0.933. The summed E-state index contributed by atoms with van der Waals surface area (Å²) < 4.78 is 5.44. The molecule has 1 heterocycles. The Morgan fingerprint density at radius 3 is 2.95 bits per heavy atom. The molecule has 0 unspecified atom stereocenters. The molecule has 4 nitrogen and oxygen atoms in total. The molecule has 0 amide bonds. The van der Waals surface area contributed by atoms with Gasteiger partial charge in [0.25, 0.3) is 0 Å². The highest BCUT2D eigenvalue weighted by Gasteiger charge is 2.19. The average molecular weight is 289 g/mol. The quantitative estimate of drug-likeness (QED) is 0.846. The normalized spacial score (nSPS) is 19.8. The van der Waals surface area contributed by atoms with Crippen LogP contribution in [0.3, 0.4) is 0 Å². The number of hydrogen-bond donors (Lipinski definition) is 1. The first-order valence-electron chi connectivity index (χ1n) is 7.42. The summed E-state index contributed by atoms with van der Waals surface area (Å²) in [5.41, 5.74) is 2.00. The Morgan fingerprint density at radius 2 is 2.29 bits per heavy atom. The van der Waals surface area contributed by atoms with Gasteiger partial charge in [-0.05, 0) is 50.1 Å². The summed E-state index contributed by atoms with van der Waals surface area (Å²) in [6, 6.07) is 6.38. The van der Waals surface area contributed by atoms with Gasteiger partial charge in [-0.25, -0.2) is 4.79 Å². The van der Waals surface area contributed by atoms with Gasteiger partial charge in [0.2, 0.25) is 0 Å². The van der Waals surface area contributed by atoms with E-state index in [4.69, 9.17) is 9.84 Å². The van der Waals surface area contributed by atoms with E-state index in [-0.39, 0.29) is 0 Å². The largest absolute Gasteiger partial charge is 0.496 e. The lowest BCUT2D eigenvalue weighted by atomic mass is 10.0. The van der Waals surface area contributed by atoms with Gasteiger partial charge >= 0.3 is 5.97 Å². The number of ether oxygens (including phenoxy) is 1. The Balaban J connectivity index is 2.19. The van der Waals surface area contributed by atoms with Crippen LogP contribution in [0, 0.1) is 0 Å². The van der Waals surface area contributed by atoms with Crippen molar-refractivity contribution in [3.63, 3.8) is 0 Å². The Morgan fingerprint density at radius 1 is 1.48 bits per heavy atom. The lowest BCUT2D eigenvalue weighted by molar-refractivity contribution is -0.131. The molecule has 4 heteroatoms. The third-order valence-corrected chi connectivity index (χ3v) is 4.04. The van der Waals surface area contributed by atoms with Crippen molar-refractivity contribution in [1.29, 1.82) is 0 Å². The summed E-state index contributed by atoms with van der Waals surface area (Å²) in [5.74, 6) is -0.0720. The van der Waals surface area contributed by atoms with E-state index in [0.717, 1.165) is 36.0 Å². The maximum atomic E-state index is 10.6. The van der Waals surface area contributed by atoms with Crippen molar-refractivity contribution in [3.05, 3.63) is 35.4 Å². The van der Waals surface area contributed by atoms with Crippen molar-refractivity contribution >= 4 is 12.0 Å². The predicted octanol–water partition coefficient (Wildman–Crippen LogP) is 3.17. The third-order valence-electron chi connectivity index (χ3n) is 4.04. The molecule has 114 valence electrons. The third kappa shape index (κ3) is 4.33. The molecular formula is C17H23NO3. The van der Waals surface area contributed by atoms with E-state index < -0.39 is 5.97 Å². The molecule has 2 rings (SSSR count). The zero-order valence-electron chi connectivity index (χ0n) is 12.7. The van der Waals surface area contributed by atoms with Crippen LogP contribution in [0.25, 0.3) is 6.08 Å². The topological polar surface area (TPSA) is 49.8 Å². The summed E-state index contributed by atoms with van der Waals surface area (Å²) in [5, 5.41) is 8.72. The van der Waals surface area contributed by atoms with Crippen LogP contribution in [-0.2, 0) is 11.3 Å². The second kappa shape index (κ2) is 7.27. The molecule has 0 aliphatic carbocycles. The molecule has 1 aliphatic rings. The molecule has 0 saturated carbocycles. The molecule has 0 spiro atoms. The maximum absolute atomic E-state index is 10.6. The Bertz CT molecular complexity index is 525. The fraction of sp³-hybridized carbons (Fsp3) is 0.471. The number of carboxylic acids is 1. The summed E-state index contributed by atoms with van der Waals surface area (Å²) >= 11 is 0. The van der Waals surface area contributed by atoms with E-state index in [1.54, 1.807) is 13.2 Å². The number of carboxylic acid groups (broad SMARTS) is 1. The summed E-state index contributed by atoms with van der Waals surface area (Å²) in [6.07, 6.45) is 6.56. The molecule has 21 heavy (non-hydrogen) atoms. The second-order valence-corrected chi connectivity index (χ2v) is 5.56. The first-order valence-corrected chi connectivity index (χ1v) is 7.42. The number of hydrogen-bond acceptors (Lipinski definition) is 3. The number of rotatable bonds is 5. The predicted molar refractivity (Wildman–Crippen MR) is 83.4 cm³/mol. The maximum Gasteiger partial charge on any atom is 0.328 e. The number of piperidine rings is 1. The van der Waals surface area contributed by atoms with E-state index in [1.165, 1.54) is 19.3 Å². The van der Waals surface area contributed by atoms with Gasteiger partial charge in [-0.15, -0.1) is 0 Å². The van der Waals surface area contributed by atoms with E-state index in [9.17, 15) is 4.79 Å². The van der Waals surface area contributed by atoms with Crippen LogP contribution in [0.4, 0.5) is 0 Å². The smallest absolute Gasteiger partial charge is 0.328 e. The zero-order chi connectivity index (χ0) is 15.2. The van der Waals surface area contributed by atoms with Crippen LogP contribution < -0.4 is 4.74 Å².